The van der Waals surface area contributed by atoms with Gasteiger partial charge in [-0.1, -0.05) is 18.2 Å². The molecule has 1 fully saturated rings. The fraction of sp³-hybridized carbons (Fsp3) is 0.407. The molecule has 0 aliphatic carbocycles. The Morgan fingerprint density at radius 3 is 2.76 bits per heavy atom. The first-order chi connectivity index (χ1) is 16.1. The van der Waals surface area contributed by atoms with Gasteiger partial charge in [-0.2, -0.15) is 0 Å². The first-order valence-corrected chi connectivity index (χ1v) is 12.5. The van der Waals surface area contributed by atoms with Crippen molar-refractivity contribution in [2.75, 3.05) is 33.3 Å². The molecule has 3 heterocycles. The number of pyridine rings is 1. The van der Waals surface area contributed by atoms with Gasteiger partial charge in [0.15, 0.2) is 0 Å². The molecule has 1 aliphatic heterocycles. The van der Waals surface area contributed by atoms with E-state index in [0.717, 1.165) is 61.8 Å². The highest BCUT2D eigenvalue weighted by molar-refractivity contribution is 7.13. The summed E-state index contributed by atoms with van der Waals surface area (Å²) in [5.74, 6) is 1.43. The van der Waals surface area contributed by atoms with E-state index in [1.807, 2.05) is 42.3 Å². The van der Waals surface area contributed by atoms with Gasteiger partial charge in [0, 0.05) is 55.3 Å². The average Bonchev–Trinajstić information content (AvgIpc) is 3.29. The van der Waals surface area contributed by atoms with Gasteiger partial charge < -0.3 is 14.5 Å². The van der Waals surface area contributed by atoms with E-state index in [2.05, 4.69) is 47.3 Å². The third kappa shape index (κ3) is 6.89. The Balaban J connectivity index is 1.21. The molecule has 5 nitrogen and oxygen atoms in total. The number of carbonyl (C=O) groups excluding carboxylic acids is 1. The van der Waals surface area contributed by atoms with Crippen LogP contribution in [0.5, 0.6) is 5.75 Å². The van der Waals surface area contributed by atoms with Crippen molar-refractivity contribution >= 4 is 17.2 Å². The third-order valence-corrected chi connectivity index (χ3v) is 7.08. The van der Waals surface area contributed by atoms with Gasteiger partial charge >= 0.3 is 0 Å². The second-order valence-electron chi connectivity index (χ2n) is 8.93. The topological polar surface area (TPSA) is 45.7 Å². The molecule has 4 rings (SSSR count). The number of piperidine rings is 1. The lowest BCUT2D eigenvalue weighted by atomic mass is 9.99. The quantitative estimate of drug-likeness (QED) is 0.445. The summed E-state index contributed by atoms with van der Waals surface area (Å²) in [7, 11) is 2.14. The van der Waals surface area contributed by atoms with Crippen LogP contribution < -0.4 is 4.74 Å². The van der Waals surface area contributed by atoms with Crippen LogP contribution in [0.2, 0.25) is 0 Å². The summed E-state index contributed by atoms with van der Waals surface area (Å²) in [4.78, 5) is 23.5. The van der Waals surface area contributed by atoms with E-state index in [9.17, 15) is 4.79 Å². The van der Waals surface area contributed by atoms with E-state index in [0.29, 0.717) is 12.5 Å². The molecule has 0 saturated carbocycles. The lowest BCUT2D eigenvalue weighted by Gasteiger charge is -2.32. The number of rotatable bonds is 9. The lowest BCUT2D eigenvalue weighted by molar-refractivity contribution is 0.0638. The maximum Gasteiger partial charge on any atom is 0.263 e. The number of aromatic nitrogens is 1. The van der Waals surface area contributed by atoms with Crippen molar-refractivity contribution in [3.05, 3.63) is 81.8 Å². The van der Waals surface area contributed by atoms with Crippen LogP contribution >= 0.6 is 11.3 Å². The predicted octanol–water partition coefficient (Wildman–Crippen LogP) is 5.06. The minimum Gasteiger partial charge on any atom is -0.493 e. The summed E-state index contributed by atoms with van der Waals surface area (Å²) in [6, 6.07) is 18.4. The number of benzene rings is 1. The summed E-state index contributed by atoms with van der Waals surface area (Å²) in [5.41, 5.74) is 2.40. The zero-order valence-electron chi connectivity index (χ0n) is 19.6. The van der Waals surface area contributed by atoms with Crippen LogP contribution in [-0.2, 0) is 13.0 Å². The van der Waals surface area contributed by atoms with Gasteiger partial charge in [-0.05, 0) is 68.8 Å². The summed E-state index contributed by atoms with van der Waals surface area (Å²) < 4.78 is 6.09. The van der Waals surface area contributed by atoms with Gasteiger partial charge in [0.05, 0.1) is 11.5 Å². The van der Waals surface area contributed by atoms with Gasteiger partial charge in [0.25, 0.3) is 5.91 Å². The molecule has 0 radical (unpaired) electrons. The maximum absolute atomic E-state index is 12.8. The molecule has 33 heavy (non-hydrogen) atoms. The smallest absolute Gasteiger partial charge is 0.263 e. The van der Waals surface area contributed by atoms with E-state index in [1.54, 1.807) is 11.3 Å². The molecule has 3 aromatic rings. The Morgan fingerprint density at radius 2 is 2.03 bits per heavy atom. The molecule has 174 valence electrons. The second-order valence-corrected chi connectivity index (χ2v) is 10.2. The van der Waals surface area contributed by atoms with Crippen molar-refractivity contribution in [2.45, 2.75) is 32.7 Å². The fourth-order valence-corrected chi connectivity index (χ4v) is 5.07. The monoisotopic (exact) mass is 463 g/mol. The number of amides is 1. The number of likely N-dealkylation sites (N-methyl/N-ethyl adjacent to an activating group) is 1. The van der Waals surface area contributed by atoms with Crippen LogP contribution in [0.25, 0.3) is 0 Å². The number of thiophene rings is 1. The third-order valence-electron chi connectivity index (χ3n) is 6.09. The number of carbonyl (C=O) groups is 1. The van der Waals surface area contributed by atoms with Crippen molar-refractivity contribution in [1.82, 2.24) is 14.8 Å². The SMILES string of the molecule is Cc1ccc(C(=O)N2CCC[C@@H](COc3ccc(CN(C)CCc4ccccn4)cc3)C2)s1. The highest BCUT2D eigenvalue weighted by Gasteiger charge is 2.25. The molecule has 0 unspecified atom stereocenters. The maximum atomic E-state index is 12.8. The minimum absolute atomic E-state index is 0.161. The molecule has 1 atom stereocenters. The van der Waals surface area contributed by atoms with E-state index >= 15 is 0 Å². The van der Waals surface area contributed by atoms with Gasteiger partial charge in [-0.25, -0.2) is 0 Å². The number of ether oxygens (including phenoxy) is 1. The van der Waals surface area contributed by atoms with Crippen molar-refractivity contribution in [2.24, 2.45) is 5.92 Å². The number of nitrogens with zero attached hydrogens (tertiary/aromatic N) is 3. The van der Waals surface area contributed by atoms with E-state index < -0.39 is 0 Å². The Labute approximate surface area is 201 Å². The van der Waals surface area contributed by atoms with Crippen molar-refractivity contribution in [3.8, 4) is 5.75 Å². The fourth-order valence-electron chi connectivity index (χ4n) is 4.24. The Hall–Kier alpha value is -2.70. The highest BCUT2D eigenvalue weighted by Crippen LogP contribution is 2.23. The zero-order chi connectivity index (χ0) is 23.0. The van der Waals surface area contributed by atoms with Crippen LogP contribution in [0.4, 0.5) is 0 Å². The second kappa shape index (κ2) is 11.4. The highest BCUT2D eigenvalue weighted by atomic mass is 32.1. The molecule has 1 amide bonds. The molecular formula is C27H33N3O2S. The van der Waals surface area contributed by atoms with Crippen LogP contribution in [-0.4, -0.2) is 54.0 Å². The zero-order valence-corrected chi connectivity index (χ0v) is 20.4. The van der Waals surface area contributed by atoms with Gasteiger partial charge in [-0.15, -0.1) is 11.3 Å². The average molecular weight is 464 g/mol. The first kappa shape index (κ1) is 23.5. The Morgan fingerprint density at radius 1 is 1.18 bits per heavy atom. The Bertz CT molecular complexity index is 1020. The van der Waals surface area contributed by atoms with E-state index in [-0.39, 0.29) is 5.91 Å². The normalized spacial score (nSPS) is 16.2. The van der Waals surface area contributed by atoms with Crippen LogP contribution in [0.1, 0.15) is 38.6 Å². The summed E-state index contributed by atoms with van der Waals surface area (Å²) >= 11 is 1.58. The van der Waals surface area contributed by atoms with Gasteiger partial charge in [0.1, 0.15) is 5.75 Å². The lowest BCUT2D eigenvalue weighted by Crippen LogP contribution is -2.41. The van der Waals surface area contributed by atoms with Crippen molar-refractivity contribution in [3.63, 3.8) is 0 Å². The van der Waals surface area contributed by atoms with Crippen molar-refractivity contribution < 1.29 is 9.53 Å². The molecular weight excluding hydrogens is 430 g/mol. The molecule has 0 N–H and O–H groups in total. The summed E-state index contributed by atoms with van der Waals surface area (Å²) in [6.07, 6.45) is 4.94. The van der Waals surface area contributed by atoms with Crippen molar-refractivity contribution in [1.29, 1.82) is 0 Å². The number of likely N-dealkylation sites (tertiary alicyclic amines) is 1. The first-order valence-electron chi connectivity index (χ1n) is 11.7. The minimum atomic E-state index is 0.161. The molecule has 0 spiro atoms. The van der Waals surface area contributed by atoms with Crippen LogP contribution in [0.15, 0.2) is 60.8 Å². The molecule has 1 aromatic carbocycles. The molecule has 6 heteroatoms. The van der Waals surface area contributed by atoms with Crippen LogP contribution in [0.3, 0.4) is 0 Å². The summed E-state index contributed by atoms with van der Waals surface area (Å²) in [5, 5.41) is 0. The number of aryl methyl sites for hydroxylation is 1. The van der Waals surface area contributed by atoms with Gasteiger partial charge in [0.2, 0.25) is 0 Å². The molecule has 1 aliphatic rings. The molecule has 0 bridgehead atoms. The Kier molecular flexibility index (Phi) is 8.13. The standard InChI is InChI=1S/C27H33N3O2S/c1-21-8-13-26(33-21)27(31)30-16-5-6-23(19-30)20-32-25-11-9-22(10-12-25)18-29(2)17-14-24-7-3-4-15-28-24/h3-4,7-13,15,23H,5-6,14,16-20H2,1-2H3/t23-/m1/s1. The van der Waals surface area contributed by atoms with Crippen LogP contribution in [0, 0.1) is 12.8 Å². The number of hydrogen-bond donors (Lipinski definition) is 0. The largest absolute Gasteiger partial charge is 0.493 e. The molecule has 2 aromatic heterocycles. The van der Waals surface area contributed by atoms with E-state index in [4.69, 9.17) is 4.74 Å². The number of hydrogen-bond acceptors (Lipinski definition) is 5. The predicted molar refractivity (Wildman–Crippen MR) is 134 cm³/mol. The van der Waals surface area contributed by atoms with Gasteiger partial charge in [-0.3, -0.25) is 9.78 Å². The molecule has 1 saturated heterocycles. The van der Waals surface area contributed by atoms with E-state index in [1.165, 1.54) is 10.4 Å². The summed E-state index contributed by atoms with van der Waals surface area (Å²) in [6.45, 7) is 6.17.